The van der Waals surface area contributed by atoms with E-state index in [4.69, 9.17) is 4.98 Å². The number of aromatic nitrogens is 2. The van der Waals surface area contributed by atoms with Crippen LogP contribution in [0.2, 0.25) is 0 Å². The molecule has 0 bridgehead atoms. The van der Waals surface area contributed by atoms with E-state index in [1.54, 1.807) is 11.3 Å². The van der Waals surface area contributed by atoms with E-state index in [0.29, 0.717) is 11.2 Å². The largest absolute Gasteiger partial charge is 0.327 e. The van der Waals surface area contributed by atoms with Crippen molar-refractivity contribution in [2.75, 3.05) is 0 Å². The molecular formula is C23H24N3OS+. The monoisotopic (exact) mass is 390 g/mol. The zero-order valence-electron chi connectivity index (χ0n) is 16.1. The molecule has 0 saturated carbocycles. The normalized spacial score (nSPS) is 13.5. The smallest absolute Gasteiger partial charge is 0.258 e. The van der Waals surface area contributed by atoms with Gasteiger partial charge in [-0.3, -0.25) is 4.79 Å². The lowest BCUT2D eigenvalue weighted by Gasteiger charge is -2.19. The summed E-state index contributed by atoms with van der Waals surface area (Å²) in [6.07, 6.45) is 1.03. The van der Waals surface area contributed by atoms with E-state index in [-0.39, 0.29) is 17.6 Å². The van der Waals surface area contributed by atoms with E-state index < -0.39 is 0 Å². The molecule has 0 aliphatic heterocycles. The van der Waals surface area contributed by atoms with Crippen LogP contribution in [0.25, 0.3) is 10.9 Å². The fourth-order valence-electron chi connectivity index (χ4n) is 3.50. The molecule has 5 heteroatoms. The summed E-state index contributed by atoms with van der Waals surface area (Å²) in [6, 6.07) is 20.7. The molecular weight excluding hydrogens is 366 g/mol. The molecule has 2 aromatic carbocycles. The Morgan fingerprint density at radius 1 is 1.07 bits per heavy atom. The van der Waals surface area contributed by atoms with Crippen molar-refractivity contribution in [1.29, 1.82) is 0 Å². The Labute approximate surface area is 168 Å². The summed E-state index contributed by atoms with van der Waals surface area (Å²) in [7, 11) is 0. The van der Waals surface area contributed by atoms with Gasteiger partial charge in [-0.2, -0.15) is 0 Å². The summed E-state index contributed by atoms with van der Waals surface area (Å²) in [6.45, 7) is 4.26. The lowest BCUT2D eigenvalue weighted by molar-refractivity contribution is -0.723. The van der Waals surface area contributed by atoms with Gasteiger partial charge in [0.15, 0.2) is 5.82 Å². The van der Waals surface area contributed by atoms with Crippen molar-refractivity contribution in [2.24, 2.45) is 0 Å². The van der Waals surface area contributed by atoms with Crippen LogP contribution in [0, 0.1) is 0 Å². The average Bonchev–Trinajstić information content (AvgIpc) is 3.26. The van der Waals surface area contributed by atoms with Crippen molar-refractivity contribution in [3.8, 4) is 0 Å². The van der Waals surface area contributed by atoms with Crippen LogP contribution in [0.1, 0.15) is 47.8 Å². The molecule has 142 valence electrons. The highest BCUT2D eigenvalue weighted by Gasteiger charge is 2.24. The Morgan fingerprint density at radius 3 is 2.57 bits per heavy atom. The standard InChI is InChI=1S/C23H23N3OS/c1-3-16-10-12-17(13-11-16)21(20-9-6-14-28-20)24-15(2)22-25-19-8-5-4-7-18(19)23(27)26-22/h4-15,21,24H,3H2,1-2H3,(H,25,26,27)/p+1/t15-,21-/m1/s1. The van der Waals surface area contributed by atoms with Crippen LogP contribution < -0.4 is 10.9 Å². The maximum atomic E-state index is 12.5. The molecule has 2 heterocycles. The highest BCUT2D eigenvalue weighted by atomic mass is 32.1. The Balaban J connectivity index is 1.67. The number of aromatic amines is 1. The summed E-state index contributed by atoms with van der Waals surface area (Å²) < 4.78 is 0. The van der Waals surface area contributed by atoms with Crippen LogP contribution in [-0.2, 0) is 6.42 Å². The molecule has 0 aliphatic rings. The first-order chi connectivity index (χ1) is 13.7. The second-order valence-corrected chi connectivity index (χ2v) is 8.02. The van der Waals surface area contributed by atoms with Crippen molar-refractivity contribution in [3.63, 3.8) is 0 Å². The minimum Gasteiger partial charge on any atom is -0.327 e. The van der Waals surface area contributed by atoms with E-state index in [1.807, 2.05) is 24.3 Å². The van der Waals surface area contributed by atoms with Gasteiger partial charge in [0.05, 0.1) is 15.8 Å². The zero-order chi connectivity index (χ0) is 19.5. The number of nitrogens with two attached hydrogens (primary N) is 1. The lowest BCUT2D eigenvalue weighted by Crippen LogP contribution is -2.86. The number of thiophene rings is 1. The Hall–Kier alpha value is -2.76. The predicted molar refractivity (Wildman–Crippen MR) is 115 cm³/mol. The molecule has 0 spiro atoms. The third-order valence-electron chi connectivity index (χ3n) is 5.14. The molecule has 0 unspecified atom stereocenters. The Kier molecular flexibility index (Phi) is 5.37. The molecule has 3 N–H and O–H groups in total. The number of hydrogen-bond donors (Lipinski definition) is 2. The van der Waals surface area contributed by atoms with Crippen molar-refractivity contribution in [3.05, 3.63) is 98.2 Å². The maximum absolute atomic E-state index is 12.5. The van der Waals surface area contributed by atoms with Crippen molar-refractivity contribution in [2.45, 2.75) is 32.4 Å². The van der Waals surface area contributed by atoms with Crippen molar-refractivity contribution < 1.29 is 5.32 Å². The number of nitrogens with zero attached hydrogens (tertiary/aromatic N) is 1. The molecule has 0 saturated heterocycles. The van der Waals surface area contributed by atoms with Crippen molar-refractivity contribution in [1.82, 2.24) is 9.97 Å². The third-order valence-corrected chi connectivity index (χ3v) is 6.10. The SMILES string of the molecule is CCc1ccc([C@@H]([NH2+][C@H](C)c2nc3ccccc3c(=O)[nH]2)c2cccs2)cc1. The van der Waals surface area contributed by atoms with E-state index in [9.17, 15) is 4.79 Å². The number of aryl methyl sites for hydroxylation is 1. The van der Waals surface area contributed by atoms with E-state index in [1.165, 1.54) is 16.0 Å². The minimum atomic E-state index is -0.0826. The number of para-hydroxylation sites is 1. The maximum Gasteiger partial charge on any atom is 0.258 e. The van der Waals surface area contributed by atoms with Gasteiger partial charge < -0.3 is 10.3 Å². The van der Waals surface area contributed by atoms with Crippen LogP contribution in [-0.4, -0.2) is 9.97 Å². The number of quaternary nitrogens is 1. The molecule has 28 heavy (non-hydrogen) atoms. The van der Waals surface area contributed by atoms with Crippen molar-refractivity contribution >= 4 is 22.2 Å². The molecule has 0 fully saturated rings. The van der Waals surface area contributed by atoms with Crippen LogP contribution in [0.15, 0.2) is 70.8 Å². The summed E-state index contributed by atoms with van der Waals surface area (Å²) in [5.74, 6) is 0.704. The van der Waals surface area contributed by atoms with Gasteiger partial charge in [-0.25, -0.2) is 4.98 Å². The molecule has 0 amide bonds. The first kappa shape index (κ1) is 18.6. The summed E-state index contributed by atoms with van der Waals surface area (Å²) >= 11 is 1.76. The van der Waals surface area contributed by atoms with Gasteiger partial charge in [0.2, 0.25) is 0 Å². The Bertz CT molecular complexity index is 1120. The summed E-state index contributed by atoms with van der Waals surface area (Å²) in [5.41, 5.74) is 3.25. The molecule has 4 nitrogen and oxygen atoms in total. The van der Waals surface area contributed by atoms with Crippen LogP contribution in [0.3, 0.4) is 0 Å². The first-order valence-corrected chi connectivity index (χ1v) is 10.5. The topological polar surface area (TPSA) is 62.4 Å². The number of benzene rings is 2. The fraction of sp³-hybridized carbons (Fsp3) is 0.217. The predicted octanol–water partition coefficient (Wildman–Crippen LogP) is 3.96. The van der Waals surface area contributed by atoms with Crippen LogP contribution in [0.5, 0.6) is 0 Å². The van der Waals surface area contributed by atoms with Gasteiger partial charge >= 0.3 is 0 Å². The molecule has 0 aliphatic carbocycles. The molecule has 4 rings (SSSR count). The van der Waals surface area contributed by atoms with Gasteiger partial charge in [0.25, 0.3) is 5.56 Å². The number of fused-ring (bicyclic) bond motifs is 1. The van der Waals surface area contributed by atoms with E-state index in [2.05, 4.69) is 65.9 Å². The highest BCUT2D eigenvalue weighted by molar-refractivity contribution is 7.10. The van der Waals surface area contributed by atoms with E-state index >= 15 is 0 Å². The second-order valence-electron chi connectivity index (χ2n) is 7.04. The number of H-pyrrole nitrogens is 1. The lowest BCUT2D eigenvalue weighted by atomic mass is 10.0. The van der Waals surface area contributed by atoms with Crippen LogP contribution >= 0.6 is 11.3 Å². The first-order valence-electron chi connectivity index (χ1n) is 9.62. The highest BCUT2D eigenvalue weighted by Crippen LogP contribution is 2.24. The Morgan fingerprint density at radius 2 is 1.86 bits per heavy atom. The van der Waals surface area contributed by atoms with Gasteiger partial charge in [-0.1, -0.05) is 49.4 Å². The summed E-state index contributed by atoms with van der Waals surface area (Å²) in [5, 5.41) is 5.01. The molecule has 2 atom stereocenters. The molecule has 2 aromatic heterocycles. The quantitative estimate of drug-likeness (QED) is 0.523. The third kappa shape index (κ3) is 3.77. The fourth-order valence-corrected chi connectivity index (χ4v) is 4.33. The van der Waals surface area contributed by atoms with Gasteiger partial charge in [0, 0.05) is 5.56 Å². The number of nitrogens with one attached hydrogen (secondary N) is 1. The van der Waals surface area contributed by atoms with E-state index in [0.717, 1.165) is 11.9 Å². The number of hydrogen-bond acceptors (Lipinski definition) is 3. The van der Waals surface area contributed by atoms with Gasteiger partial charge in [-0.15, -0.1) is 11.3 Å². The molecule has 0 radical (unpaired) electrons. The van der Waals surface area contributed by atoms with Gasteiger partial charge in [-0.05, 0) is 42.5 Å². The second kappa shape index (κ2) is 8.09. The summed E-state index contributed by atoms with van der Waals surface area (Å²) in [4.78, 5) is 21.4. The zero-order valence-corrected chi connectivity index (χ0v) is 16.9. The average molecular weight is 391 g/mol. The van der Waals surface area contributed by atoms with Gasteiger partial charge in [0.1, 0.15) is 12.1 Å². The minimum absolute atomic E-state index is 0.00950. The molecule has 4 aromatic rings. The number of rotatable bonds is 6. The van der Waals surface area contributed by atoms with Crippen LogP contribution in [0.4, 0.5) is 0 Å².